The Morgan fingerprint density at radius 2 is 2.06 bits per heavy atom. The predicted molar refractivity (Wildman–Crippen MR) is 71.5 cm³/mol. The number of hydrogen-bond acceptors (Lipinski definition) is 3. The fraction of sp³-hybridized carbons (Fsp3) is 1.00. The summed E-state index contributed by atoms with van der Waals surface area (Å²) in [5, 5.41) is 2.80. The average molecular weight is 262 g/mol. The second kappa shape index (κ2) is 6.71. The van der Waals surface area contributed by atoms with Crippen LogP contribution in [0.2, 0.25) is 0 Å². The van der Waals surface area contributed by atoms with E-state index in [0.29, 0.717) is 12.5 Å². The Morgan fingerprint density at radius 3 is 2.59 bits per heavy atom. The third-order valence-corrected chi connectivity index (χ3v) is 5.42. The summed E-state index contributed by atoms with van der Waals surface area (Å²) in [6.45, 7) is 7.37. The van der Waals surface area contributed by atoms with Crippen LogP contribution < -0.4 is 10.0 Å². The zero-order valence-corrected chi connectivity index (χ0v) is 12.0. The molecular weight excluding hydrogens is 236 g/mol. The van der Waals surface area contributed by atoms with Gasteiger partial charge in [-0.05, 0) is 38.6 Å². The maximum atomic E-state index is 12.1. The molecule has 0 aromatic heterocycles. The smallest absolute Gasteiger partial charge is 0.215 e. The maximum absolute atomic E-state index is 12.1. The first kappa shape index (κ1) is 14.9. The summed E-state index contributed by atoms with van der Waals surface area (Å²) in [5.41, 5.74) is 0. The lowest BCUT2D eigenvalue weighted by atomic mass is 10.1. The Bertz CT molecular complexity index is 316. The van der Waals surface area contributed by atoms with Crippen molar-refractivity contribution in [2.24, 2.45) is 5.92 Å². The van der Waals surface area contributed by atoms with Crippen LogP contribution >= 0.6 is 0 Å². The van der Waals surface area contributed by atoms with Crippen molar-refractivity contribution in [3.05, 3.63) is 0 Å². The molecular formula is C12H26N2O2S. The first-order chi connectivity index (χ1) is 7.97. The van der Waals surface area contributed by atoms with Crippen LogP contribution in [0.3, 0.4) is 0 Å². The van der Waals surface area contributed by atoms with E-state index in [-0.39, 0.29) is 11.3 Å². The molecule has 0 spiro atoms. The van der Waals surface area contributed by atoms with Gasteiger partial charge < -0.3 is 5.32 Å². The van der Waals surface area contributed by atoms with Crippen molar-refractivity contribution in [1.29, 1.82) is 0 Å². The quantitative estimate of drug-likeness (QED) is 0.683. The second-order valence-corrected chi connectivity index (χ2v) is 7.32. The largest absolute Gasteiger partial charge is 0.315 e. The molecule has 4 nitrogen and oxygen atoms in total. The van der Waals surface area contributed by atoms with Gasteiger partial charge in [-0.3, -0.25) is 0 Å². The molecule has 1 aliphatic rings. The molecule has 102 valence electrons. The predicted octanol–water partition coefficient (Wildman–Crippen LogP) is 1.48. The van der Waals surface area contributed by atoms with Crippen LogP contribution in [-0.4, -0.2) is 32.8 Å². The first-order valence-electron chi connectivity index (χ1n) is 6.69. The first-order valence-corrected chi connectivity index (χ1v) is 8.24. The fourth-order valence-electron chi connectivity index (χ4n) is 2.24. The highest BCUT2D eigenvalue weighted by Crippen LogP contribution is 2.25. The van der Waals surface area contributed by atoms with Gasteiger partial charge in [0.1, 0.15) is 0 Å². The van der Waals surface area contributed by atoms with Crippen LogP contribution in [0.25, 0.3) is 0 Å². The molecule has 0 radical (unpaired) electrons. The molecule has 3 unspecified atom stereocenters. The number of rotatable bonds is 7. The highest BCUT2D eigenvalue weighted by atomic mass is 32.2. The molecule has 0 amide bonds. The summed E-state index contributed by atoms with van der Waals surface area (Å²) in [5.74, 6) is 0.473. The van der Waals surface area contributed by atoms with Crippen molar-refractivity contribution in [3.8, 4) is 0 Å². The summed E-state index contributed by atoms with van der Waals surface area (Å²) in [6.07, 6.45) is 4.28. The van der Waals surface area contributed by atoms with Crippen LogP contribution in [-0.2, 0) is 10.0 Å². The van der Waals surface area contributed by atoms with Gasteiger partial charge in [0, 0.05) is 12.6 Å². The molecule has 0 heterocycles. The normalized spacial score (nSPS) is 27.2. The summed E-state index contributed by atoms with van der Waals surface area (Å²) in [4.78, 5) is 0. The number of hydrogen-bond donors (Lipinski definition) is 2. The Hall–Kier alpha value is -0.130. The van der Waals surface area contributed by atoms with Crippen LogP contribution in [0.15, 0.2) is 0 Å². The molecule has 0 bridgehead atoms. The molecule has 17 heavy (non-hydrogen) atoms. The zero-order valence-electron chi connectivity index (χ0n) is 11.2. The van der Waals surface area contributed by atoms with Gasteiger partial charge in [0.25, 0.3) is 0 Å². The van der Waals surface area contributed by atoms with E-state index >= 15 is 0 Å². The average Bonchev–Trinajstić information content (AvgIpc) is 2.64. The van der Waals surface area contributed by atoms with E-state index in [9.17, 15) is 8.42 Å². The Kier molecular flexibility index (Phi) is 5.89. The molecule has 0 aromatic carbocycles. The van der Waals surface area contributed by atoms with E-state index in [4.69, 9.17) is 0 Å². The van der Waals surface area contributed by atoms with E-state index in [1.165, 1.54) is 0 Å². The van der Waals surface area contributed by atoms with E-state index in [2.05, 4.69) is 23.9 Å². The highest BCUT2D eigenvalue weighted by Gasteiger charge is 2.30. The van der Waals surface area contributed by atoms with E-state index in [1.54, 1.807) is 6.92 Å². The highest BCUT2D eigenvalue weighted by molar-refractivity contribution is 7.90. The van der Waals surface area contributed by atoms with Gasteiger partial charge in [-0.25, -0.2) is 13.1 Å². The SMILES string of the molecule is CCCNCC(C)S(=O)(=O)NC1CCCC1C. The summed E-state index contributed by atoms with van der Waals surface area (Å²) in [7, 11) is -3.17. The lowest BCUT2D eigenvalue weighted by Gasteiger charge is -2.21. The monoisotopic (exact) mass is 262 g/mol. The molecule has 2 N–H and O–H groups in total. The Morgan fingerprint density at radius 1 is 1.35 bits per heavy atom. The van der Waals surface area contributed by atoms with E-state index in [1.807, 2.05) is 0 Å². The lowest BCUT2D eigenvalue weighted by molar-refractivity contribution is 0.470. The van der Waals surface area contributed by atoms with Crippen molar-refractivity contribution in [2.45, 2.75) is 57.7 Å². The van der Waals surface area contributed by atoms with Crippen LogP contribution in [0.5, 0.6) is 0 Å². The Balaban J connectivity index is 2.43. The molecule has 1 rings (SSSR count). The number of sulfonamides is 1. The zero-order chi connectivity index (χ0) is 12.9. The maximum Gasteiger partial charge on any atom is 0.215 e. The van der Waals surface area contributed by atoms with Crippen molar-refractivity contribution in [1.82, 2.24) is 10.0 Å². The molecule has 0 aliphatic heterocycles. The molecule has 0 saturated heterocycles. The van der Waals surface area contributed by atoms with Crippen LogP contribution in [0.1, 0.15) is 46.5 Å². The molecule has 0 aromatic rings. The summed E-state index contributed by atoms with van der Waals surface area (Å²) in [6, 6.07) is 0.147. The van der Waals surface area contributed by atoms with Crippen LogP contribution in [0, 0.1) is 5.92 Å². The molecule has 1 fully saturated rings. The van der Waals surface area contributed by atoms with Gasteiger partial charge in [0.05, 0.1) is 5.25 Å². The van der Waals surface area contributed by atoms with Gasteiger partial charge in [0.15, 0.2) is 0 Å². The van der Waals surface area contributed by atoms with Crippen molar-refractivity contribution in [2.75, 3.05) is 13.1 Å². The third-order valence-electron chi connectivity index (χ3n) is 3.57. The fourth-order valence-corrected chi connectivity index (χ4v) is 3.58. The van der Waals surface area contributed by atoms with Gasteiger partial charge in [-0.2, -0.15) is 0 Å². The minimum absolute atomic E-state index is 0.147. The van der Waals surface area contributed by atoms with E-state index < -0.39 is 10.0 Å². The van der Waals surface area contributed by atoms with Gasteiger partial charge in [-0.1, -0.05) is 20.3 Å². The van der Waals surface area contributed by atoms with Gasteiger partial charge >= 0.3 is 0 Å². The Labute approximate surface area is 106 Å². The van der Waals surface area contributed by atoms with Gasteiger partial charge in [0.2, 0.25) is 10.0 Å². The topological polar surface area (TPSA) is 58.2 Å². The minimum atomic E-state index is -3.17. The second-order valence-electron chi connectivity index (χ2n) is 5.19. The van der Waals surface area contributed by atoms with Crippen molar-refractivity contribution in [3.63, 3.8) is 0 Å². The molecule has 5 heteroatoms. The van der Waals surface area contributed by atoms with Crippen LogP contribution in [0.4, 0.5) is 0 Å². The standard InChI is InChI=1S/C12H26N2O2S/c1-4-8-13-9-11(3)17(15,16)14-12-7-5-6-10(12)2/h10-14H,4-9H2,1-3H3. The summed E-state index contributed by atoms with van der Waals surface area (Å²) < 4.78 is 27.0. The van der Waals surface area contributed by atoms with Gasteiger partial charge in [-0.15, -0.1) is 0 Å². The molecule has 3 atom stereocenters. The van der Waals surface area contributed by atoms with E-state index in [0.717, 1.165) is 32.2 Å². The van der Waals surface area contributed by atoms with Crippen molar-refractivity contribution >= 4 is 10.0 Å². The number of nitrogens with one attached hydrogen (secondary N) is 2. The summed E-state index contributed by atoms with van der Waals surface area (Å²) >= 11 is 0. The lowest BCUT2D eigenvalue weighted by Crippen LogP contribution is -2.44. The van der Waals surface area contributed by atoms with Crippen molar-refractivity contribution < 1.29 is 8.42 Å². The molecule has 1 aliphatic carbocycles. The third kappa shape index (κ3) is 4.56. The minimum Gasteiger partial charge on any atom is -0.315 e. The molecule has 1 saturated carbocycles.